The zero-order valence-electron chi connectivity index (χ0n) is 16.0. The average molecular weight is 478 g/mol. The molecule has 1 aliphatic rings. The first kappa shape index (κ1) is 22.7. The molecule has 0 aromatic carbocycles. The standard InChI is InChI=1S/C19H34N4S.HI/c1-4-20-19(22-15-18-11-10-17(3)24-18)21-12-6-8-14-23-13-7-5-9-16(23)2;/h10-11,16H,4-9,12-15H2,1-3H3,(H2,20,21,22);1H. The van der Waals surface area contributed by atoms with Crippen molar-refractivity contribution in [2.75, 3.05) is 26.2 Å². The van der Waals surface area contributed by atoms with Crippen molar-refractivity contribution in [3.8, 4) is 0 Å². The number of nitrogens with zero attached hydrogens (tertiary/aromatic N) is 2. The highest BCUT2D eigenvalue weighted by Crippen LogP contribution is 2.17. The Kier molecular flexibility index (Phi) is 11.7. The monoisotopic (exact) mass is 478 g/mol. The molecule has 0 spiro atoms. The Morgan fingerprint density at radius 1 is 1.28 bits per heavy atom. The van der Waals surface area contributed by atoms with Crippen LogP contribution in [0.5, 0.6) is 0 Å². The highest BCUT2D eigenvalue weighted by Gasteiger charge is 2.16. The zero-order valence-corrected chi connectivity index (χ0v) is 19.2. The molecule has 1 saturated heterocycles. The largest absolute Gasteiger partial charge is 0.357 e. The number of thiophene rings is 1. The number of guanidine groups is 1. The minimum absolute atomic E-state index is 0. The molecular formula is C19H35IN4S. The van der Waals surface area contributed by atoms with Crippen molar-refractivity contribution in [2.24, 2.45) is 4.99 Å². The van der Waals surface area contributed by atoms with E-state index in [4.69, 9.17) is 4.99 Å². The van der Waals surface area contributed by atoms with E-state index in [1.54, 1.807) is 0 Å². The summed E-state index contributed by atoms with van der Waals surface area (Å²) in [5, 5.41) is 6.81. The van der Waals surface area contributed by atoms with Crippen LogP contribution in [0.3, 0.4) is 0 Å². The van der Waals surface area contributed by atoms with Crippen molar-refractivity contribution >= 4 is 41.3 Å². The summed E-state index contributed by atoms with van der Waals surface area (Å²) in [6.07, 6.45) is 6.62. The van der Waals surface area contributed by atoms with Crippen molar-refractivity contribution in [3.05, 3.63) is 21.9 Å². The van der Waals surface area contributed by atoms with Crippen LogP contribution in [0, 0.1) is 6.92 Å². The van der Waals surface area contributed by atoms with Gasteiger partial charge in [0.1, 0.15) is 0 Å². The molecule has 6 heteroatoms. The molecule has 1 fully saturated rings. The van der Waals surface area contributed by atoms with Crippen molar-refractivity contribution in [1.29, 1.82) is 0 Å². The van der Waals surface area contributed by atoms with Gasteiger partial charge in [-0.1, -0.05) is 6.42 Å². The molecule has 0 aliphatic carbocycles. The van der Waals surface area contributed by atoms with E-state index in [1.165, 1.54) is 54.9 Å². The van der Waals surface area contributed by atoms with Crippen molar-refractivity contribution in [2.45, 2.75) is 65.5 Å². The van der Waals surface area contributed by atoms with Crippen molar-refractivity contribution < 1.29 is 0 Å². The van der Waals surface area contributed by atoms with Crippen LogP contribution < -0.4 is 10.6 Å². The third-order valence-electron chi connectivity index (χ3n) is 4.64. The highest BCUT2D eigenvalue weighted by atomic mass is 127. The SMILES string of the molecule is CCNC(=NCc1ccc(C)s1)NCCCCN1CCCCC1C.I. The third-order valence-corrected chi connectivity index (χ3v) is 5.62. The number of hydrogen-bond donors (Lipinski definition) is 2. The maximum atomic E-state index is 4.69. The lowest BCUT2D eigenvalue weighted by atomic mass is 10.0. The predicted octanol–water partition coefficient (Wildman–Crippen LogP) is 4.38. The van der Waals surface area contributed by atoms with Crippen LogP contribution in [0.4, 0.5) is 0 Å². The molecule has 0 amide bonds. The molecule has 0 saturated carbocycles. The van der Waals surface area contributed by atoms with Gasteiger partial charge in [-0.15, -0.1) is 35.3 Å². The molecule has 2 rings (SSSR count). The number of likely N-dealkylation sites (tertiary alicyclic amines) is 1. The second-order valence-corrected chi connectivity index (χ2v) is 8.09. The van der Waals surface area contributed by atoms with E-state index in [1.807, 2.05) is 11.3 Å². The zero-order chi connectivity index (χ0) is 17.2. The molecule has 2 N–H and O–H groups in total. The molecule has 0 bridgehead atoms. The predicted molar refractivity (Wildman–Crippen MR) is 121 cm³/mol. The van der Waals surface area contributed by atoms with E-state index < -0.39 is 0 Å². The Hall–Kier alpha value is -0.340. The van der Waals surface area contributed by atoms with Gasteiger partial charge in [0.05, 0.1) is 6.54 Å². The summed E-state index contributed by atoms with van der Waals surface area (Å²) in [4.78, 5) is 10.0. The molecule has 1 atom stereocenters. The molecule has 0 radical (unpaired) electrons. The van der Waals surface area contributed by atoms with Gasteiger partial charge in [0, 0.05) is 28.9 Å². The Morgan fingerprint density at radius 3 is 2.80 bits per heavy atom. The summed E-state index contributed by atoms with van der Waals surface area (Å²) in [5.41, 5.74) is 0. The lowest BCUT2D eigenvalue weighted by Crippen LogP contribution is -2.39. The van der Waals surface area contributed by atoms with E-state index >= 15 is 0 Å². The Bertz CT molecular complexity index is 503. The van der Waals surface area contributed by atoms with Crippen LogP contribution in [0.1, 0.15) is 55.7 Å². The summed E-state index contributed by atoms with van der Waals surface area (Å²) in [6.45, 7) is 11.8. The van der Waals surface area contributed by atoms with Gasteiger partial charge in [-0.3, -0.25) is 0 Å². The first-order valence-electron chi connectivity index (χ1n) is 9.50. The average Bonchev–Trinajstić information content (AvgIpc) is 2.99. The normalized spacial score (nSPS) is 18.7. The van der Waals surface area contributed by atoms with Gasteiger partial charge < -0.3 is 15.5 Å². The molecule has 1 aliphatic heterocycles. The molecule has 4 nitrogen and oxygen atoms in total. The number of rotatable bonds is 8. The lowest BCUT2D eigenvalue weighted by Gasteiger charge is -2.33. The van der Waals surface area contributed by atoms with Crippen LogP contribution in [0.2, 0.25) is 0 Å². The molecule has 1 aromatic heterocycles. The van der Waals surface area contributed by atoms with Gasteiger partial charge >= 0.3 is 0 Å². The molecule has 25 heavy (non-hydrogen) atoms. The molecule has 1 unspecified atom stereocenters. The smallest absolute Gasteiger partial charge is 0.191 e. The minimum Gasteiger partial charge on any atom is -0.357 e. The number of hydrogen-bond acceptors (Lipinski definition) is 3. The molecular weight excluding hydrogens is 443 g/mol. The van der Waals surface area contributed by atoms with Crippen molar-refractivity contribution in [1.82, 2.24) is 15.5 Å². The van der Waals surface area contributed by atoms with E-state index in [2.05, 4.69) is 48.4 Å². The van der Waals surface area contributed by atoms with Crippen LogP contribution >= 0.6 is 35.3 Å². The third kappa shape index (κ3) is 8.73. The second-order valence-electron chi connectivity index (χ2n) is 6.72. The molecule has 144 valence electrons. The first-order chi connectivity index (χ1) is 11.7. The number of piperidine rings is 1. The van der Waals surface area contributed by atoms with Gasteiger partial charge in [-0.05, 0) is 71.7 Å². The van der Waals surface area contributed by atoms with E-state index in [0.29, 0.717) is 0 Å². The quantitative estimate of drug-likeness (QED) is 0.252. The fourth-order valence-electron chi connectivity index (χ4n) is 3.21. The molecule has 2 heterocycles. The van der Waals surface area contributed by atoms with Gasteiger partial charge in [-0.2, -0.15) is 0 Å². The van der Waals surface area contributed by atoms with Crippen LogP contribution in [-0.4, -0.2) is 43.1 Å². The van der Waals surface area contributed by atoms with E-state index in [0.717, 1.165) is 31.6 Å². The Labute approximate surface area is 174 Å². The fourth-order valence-corrected chi connectivity index (χ4v) is 4.02. The van der Waals surface area contributed by atoms with Crippen molar-refractivity contribution in [3.63, 3.8) is 0 Å². The number of unbranched alkanes of at least 4 members (excludes halogenated alkanes) is 1. The Balaban J connectivity index is 0.00000312. The lowest BCUT2D eigenvalue weighted by molar-refractivity contribution is 0.158. The van der Waals surface area contributed by atoms with Gasteiger partial charge in [0.2, 0.25) is 0 Å². The number of nitrogens with one attached hydrogen (secondary N) is 2. The summed E-state index contributed by atoms with van der Waals surface area (Å²) in [7, 11) is 0. The topological polar surface area (TPSA) is 39.7 Å². The maximum absolute atomic E-state index is 4.69. The summed E-state index contributed by atoms with van der Waals surface area (Å²) in [5.74, 6) is 0.940. The van der Waals surface area contributed by atoms with Gasteiger partial charge in [0.25, 0.3) is 0 Å². The van der Waals surface area contributed by atoms with Crippen LogP contribution in [0.15, 0.2) is 17.1 Å². The summed E-state index contributed by atoms with van der Waals surface area (Å²) >= 11 is 1.83. The van der Waals surface area contributed by atoms with Gasteiger partial charge in [-0.25, -0.2) is 4.99 Å². The van der Waals surface area contributed by atoms with Crippen LogP contribution in [0.25, 0.3) is 0 Å². The summed E-state index contributed by atoms with van der Waals surface area (Å²) < 4.78 is 0. The maximum Gasteiger partial charge on any atom is 0.191 e. The van der Waals surface area contributed by atoms with Crippen LogP contribution in [-0.2, 0) is 6.54 Å². The summed E-state index contributed by atoms with van der Waals surface area (Å²) in [6, 6.07) is 5.12. The number of aryl methyl sites for hydroxylation is 1. The fraction of sp³-hybridized carbons (Fsp3) is 0.737. The molecule has 1 aromatic rings. The number of aliphatic imine (C=N–C) groups is 1. The van der Waals surface area contributed by atoms with Gasteiger partial charge in [0.15, 0.2) is 5.96 Å². The highest BCUT2D eigenvalue weighted by molar-refractivity contribution is 14.0. The first-order valence-corrected chi connectivity index (χ1v) is 10.3. The number of halogens is 1. The minimum atomic E-state index is 0. The van der Waals surface area contributed by atoms with E-state index in [9.17, 15) is 0 Å². The van der Waals surface area contributed by atoms with E-state index in [-0.39, 0.29) is 24.0 Å². The Morgan fingerprint density at radius 2 is 2.12 bits per heavy atom. The second kappa shape index (κ2) is 12.9.